The minimum atomic E-state index is -4.04. The summed E-state index contributed by atoms with van der Waals surface area (Å²) in [6, 6.07) is 0. The van der Waals surface area contributed by atoms with Crippen LogP contribution < -0.4 is 4.90 Å². The van der Waals surface area contributed by atoms with Crippen LogP contribution >= 0.6 is 11.3 Å². The van der Waals surface area contributed by atoms with Gasteiger partial charge >= 0.3 is 6.18 Å². The third-order valence-corrected chi connectivity index (χ3v) is 4.34. The maximum absolute atomic E-state index is 12.3. The Balaban J connectivity index is 1.84. The van der Waals surface area contributed by atoms with Gasteiger partial charge in [0.25, 0.3) is 0 Å². The second-order valence-electron chi connectivity index (χ2n) is 5.21. The molecule has 0 radical (unpaired) electrons. The van der Waals surface area contributed by atoms with E-state index < -0.39 is 12.6 Å². The molecule has 7 heteroatoms. The summed E-state index contributed by atoms with van der Waals surface area (Å²) in [6.07, 6.45) is -2.24. The van der Waals surface area contributed by atoms with Crippen molar-refractivity contribution in [3.63, 3.8) is 0 Å². The number of likely N-dealkylation sites (tertiary alicyclic amines) is 1. The average Bonchev–Trinajstić information content (AvgIpc) is 2.86. The van der Waals surface area contributed by atoms with E-state index in [0.29, 0.717) is 19.5 Å². The lowest BCUT2D eigenvalue weighted by atomic mass is 10.1. The lowest BCUT2D eigenvalue weighted by Crippen LogP contribution is -2.22. The zero-order valence-electron chi connectivity index (χ0n) is 11.1. The second kappa shape index (κ2) is 5.66. The summed E-state index contributed by atoms with van der Waals surface area (Å²) in [5.74, 6) is -0.249. The van der Waals surface area contributed by atoms with Crippen molar-refractivity contribution in [2.45, 2.75) is 25.6 Å². The summed E-state index contributed by atoms with van der Waals surface area (Å²) >= 11 is 1.59. The number of halogens is 3. The average molecular weight is 293 g/mol. The molecule has 108 valence electrons. The summed E-state index contributed by atoms with van der Waals surface area (Å²) in [5, 5.41) is 0.932. The molecule has 1 aromatic heterocycles. The van der Waals surface area contributed by atoms with Gasteiger partial charge < -0.3 is 4.90 Å². The lowest BCUT2D eigenvalue weighted by molar-refractivity contribution is -0.143. The molecule has 0 saturated carbocycles. The smallest absolute Gasteiger partial charge is 0.354 e. The fourth-order valence-corrected chi connectivity index (χ4v) is 3.22. The zero-order valence-corrected chi connectivity index (χ0v) is 11.9. The maximum atomic E-state index is 12.3. The van der Waals surface area contributed by atoms with Gasteiger partial charge in [0.05, 0.1) is 0 Å². The summed E-state index contributed by atoms with van der Waals surface area (Å²) < 4.78 is 37.0. The highest BCUT2D eigenvalue weighted by Gasteiger charge is 2.35. The van der Waals surface area contributed by atoms with Gasteiger partial charge in [-0.15, -0.1) is 11.3 Å². The van der Waals surface area contributed by atoms with Crippen LogP contribution in [0.25, 0.3) is 0 Å². The van der Waals surface area contributed by atoms with Crippen LogP contribution in [0.2, 0.25) is 0 Å². The molecule has 2 rings (SSSR count). The molecule has 1 saturated heterocycles. The zero-order chi connectivity index (χ0) is 14.0. The number of alkyl halides is 3. The van der Waals surface area contributed by atoms with E-state index >= 15 is 0 Å². The van der Waals surface area contributed by atoms with Gasteiger partial charge in [0.2, 0.25) is 0 Å². The second-order valence-corrected chi connectivity index (χ2v) is 6.31. The summed E-state index contributed by atoms with van der Waals surface area (Å²) in [6.45, 7) is 1.99. The SMILES string of the molecule is CN(C)c1ncc(CN2CCC(CC(F)(F)F)C2)s1. The number of hydrogen-bond donors (Lipinski definition) is 0. The number of thiazole rings is 1. The first-order valence-corrected chi connectivity index (χ1v) is 7.06. The van der Waals surface area contributed by atoms with E-state index in [9.17, 15) is 13.2 Å². The number of aromatic nitrogens is 1. The van der Waals surface area contributed by atoms with Crippen LogP contribution in [0.3, 0.4) is 0 Å². The van der Waals surface area contributed by atoms with E-state index in [0.717, 1.165) is 16.6 Å². The maximum Gasteiger partial charge on any atom is 0.389 e. The van der Waals surface area contributed by atoms with E-state index in [4.69, 9.17) is 0 Å². The van der Waals surface area contributed by atoms with E-state index in [1.165, 1.54) is 0 Å². The third-order valence-electron chi connectivity index (χ3n) is 3.19. The molecule has 2 heterocycles. The van der Waals surface area contributed by atoms with Gasteiger partial charge in [0.1, 0.15) is 0 Å². The first-order valence-electron chi connectivity index (χ1n) is 6.24. The Morgan fingerprint density at radius 3 is 2.79 bits per heavy atom. The van der Waals surface area contributed by atoms with E-state index in [2.05, 4.69) is 9.88 Å². The van der Waals surface area contributed by atoms with Gasteiger partial charge in [-0.2, -0.15) is 13.2 Å². The molecule has 0 bridgehead atoms. The van der Waals surface area contributed by atoms with Crippen molar-refractivity contribution >= 4 is 16.5 Å². The monoisotopic (exact) mass is 293 g/mol. The predicted octanol–water partition coefficient (Wildman–Crippen LogP) is 2.98. The molecule has 3 nitrogen and oxygen atoms in total. The molecule has 19 heavy (non-hydrogen) atoms. The molecule has 0 aliphatic carbocycles. The van der Waals surface area contributed by atoms with Crippen LogP contribution in [0.15, 0.2) is 6.20 Å². The van der Waals surface area contributed by atoms with E-state index in [1.54, 1.807) is 11.3 Å². The van der Waals surface area contributed by atoms with E-state index in [-0.39, 0.29) is 5.92 Å². The minimum absolute atomic E-state index is 0.249. The summed E-state index contributed by atoms with van der Waals surface area (Å²) in [4.78, 5) is 9.40. The Labute approximate surface area is 115 Å². The number of nitrogens with zero attached hydrogens (tertiary/aromatic N) is 3. The topological polar surface area (TPSA) is 19.4 Å². The Morgan fingerprint density at radius 1 is 1.47 bits per heavy atom. The molecular weight excluding hydrogens is 275 g/mol. The highest BCUT2D eigenvalue weighted by atomic mass is 32.1. The molecule has 1 fully saturated rings. The van der Waals surface area contributed by atoms with Crippen LogP contribution in [0.1, 0.15) is 17.7 Å². The third kappa shape index (κ3) is 4.35. The van der Waals surface area contributed by atoms with Gasteiger partial charge in [-0.3, -0.25) is 4.90 Å². The Kier molecular flexibility index (Phi) is 4.35. The Morgan fingerprint density at radius 2 is 2.21 bits per heavy atom. The van der Waals surface area contributed by atoms with Crippen molar-refractivity contribution in [1.82, 2.24) is 9.88 Å². The van der Waals surface area contributed by atoms with Crippen molar-refractivity contribution in [2.24, 2.45) is 5.92 Å². The van der Waals surface area contributed by atoms with E-state index in [1.807, 2.05) is 25.2 Å². The predicted molar refractivity (Wildman–Crippen MR) is 70.5 cm³/mol. The van der Waals surface area contributed by atoms with Gasteiger partial charge in [0, 0.05) is 44.7 Å². The van der Waals surface area contributed by atoms with Crippen molar-refractivity contribution in [1.29, 1.82) is 0 Å². The first kappa shape index (κ1) is 14.6. The molecule has 1 aromatic rings. The fourth-order valence-electron chi connectivity index (χ4n) is 2.35. The van der Waals surface area contributed by atoms with Crippen molar-refractivity contribution < 1.29 is 13.2 Å². The molecule has 1 unspecified atom stereocenters. The van der Waals surface area contributed by atoms with Gasteiger partial charge in [-0.1, -0.05) is 0 Å². The largest absolute Gasteiger partial charge is 0.389 e. The van der Waals surface area contributed by atoms with Crippen molar-refractivity contribution in [3.05, 3.63) is 11.1 Å². The number of hydrogen-bond acceptors (Lipinski definition) is 4. The van der Waals surface area contributed by atoms with Crippen LogP contribution in [-0.2, 0) is 6.54 Å². The fraction of sp³-hybridized carbons (Fsp3) is 0.750. The lowest BCUT2D eigenvalue weighted by Gasteiger charge is -2.15. The molecule has 0 aromatic carbocycles. The van der Waals surface area contributed by atoms with Gasteiger partial charge in [-0.25, -0.2) is 4.98 Å². The molecule has 0 amide bonds. The molecule has 1 aliphatic rings. The first-order chi connectivity index (χ1) is 8.83. The van der Waals surface area contributed by atoms with Crippen LogP contribution in [0, 0.1) is 5.92 Å². The highest BCUT2D eigenvalue weighted by molar-refractivity contribution is 7.15. The summed E-state index contributed by atoms with van der Waals surface area (Å²) in [7, 11) is 3.86. The summed E-state index contributed by atoms with van der Waals surface area (Å²) in [5.41, 5.74) is 0. The van der Waals surface area contributed by atoms with Crippen molar-refractivity contribution in [2.75, 3.05) is 32.1 Å². The van der Waals surface area contributed by atoms with Crippen molar-refractivity contribution in [3.8, 4) is 0 Å². The van der Waals surface area contributed by atoms with Crippen LogP contribution in [-0.4, -0.2) is 43.2 Å². The minimum Gasteiger partial charge on any atom is -0.354 e. The van der Waals surface area contributed by atoms with Crippen LogP contribution in [0.4, 0.5) is 18.3 Å². The molecule has 1 aliphatic heterocycles. The quantitative estimate of drug-likeness (QED) is 0.851. The number of anilines is 1. The van der Waals surface area contributed by atoms with Gasteiger partial charge in [0.15, 0.2) is 5.13 Å². The standard InChI is InChI=1S/C12H18F3N3S/c1-17(2)11-16-6-10(19-11)8-18-4-3-9(7-18)5-12(13,14)15/h6,9H,3-5,7-8H2,1-2H3. The highest BCUT2D eigenvalue weighted by Crippen LogP contribution is 2.31. The Bertz CT molecular complexity index is 417. The molecule has 0 N–H and O–H groups in total. The Hall–Kier alpha value is -0.820. The van der Waals surface area contributed by atoms with Crippen LogP contribution in [0.5, 0.6) is 0 Å². The molecular formula is C12H18F3N3S. The van der Waals surface area contributed by atoms with Gasteiger partial charge in [-0.05, 0) is 18.9 Å². The normalized spacial score (nSPS) is 21.0. The molecule has 1 atom stereocenters. The number of rotatable bonds is 4. The molecule has 0 spiro atoms.